The first kappa shape index (κ1) is 12.0. The average molecular weight is 261 g/mol. The average Bonchev–Trinajstić information content (AvgIpc) is 3.24. The molecule has 2 aromatic rings. The lowest BCUT2D eigenvalue weighted by atomic mass is 10.2. The zero-order valence-corrected chi connectivity index (χ0v) is 10.2. The zero-order chi connectivity index (χ0) is 13.2. The summed E-state index contributed by atoms with van der Waals surface area (Å²) in [5, 5.41) is 2.92. The largest absolute Gasteiger partial charge is 0.363 e. The van der Waals surface area contributed by atoms with Gasteiger partial charge in [0.25, 0.3) is 0 Å². The molecule has 1 saturated carbocycles. The van der Waals surface area contributed by atoms with Gasteiger partial charge in [-0.05, 0) is 30.5 Å². The summed E-state index contributed by atoms with van der Waals surface area (Å²) < 4.78 is 26.8. The summed E-state index contributed by atoms with van der Waals surface area (Å²) in [6.07, 6.45) is 3.36. The number of hydrogen-bond acceptors (Lipinski definition) is 3. The second kappa shape index (κ2) is 4.91. The molecule has 1 aromatic heterocycles. The minimum absolute atomic E-state index is 0.209. The highest BCUT2D eigenvalue weighted by Crippen LogP contribution is 2.40. The number of rotatable bonds is 4. The van der Waals surface area contributed by atoms with E-state index in [1.165, 1.54) is 18.5 Å². The summed E-state index contributed by atoms with van der Waals surface area (Å²) in [6, 6.07) is 6.07. The number of halogens is 2. The molecule has 0 bridgehead atoms. The summed E-state index contributed by atoms with van der Waals surface area (Å²) in [6.45, 7) is 0.401. The molecular formula is C14H13F2N3. The highest BCUT2D eigenvalue weighted by atomic mass is 19.1. The summed E-state index contributed by atoms with van der Waals surface area (Å²) >= 11 is 0. The Morgan fingerprint density at radius 3 is 2.53 bits per heavy atom. The van der Waals surface area contributed by atoms with Gasteiger partial charge in [-0.1, -0.05) is 12.1 Å². The van der Waals surface area contributed by atoms with E-state index in [1.807, 2.05) is 0 Å². The van der Waals surface area contributed by atoms with Gasteiger partial charge in [-0.3, -0.25) is 0 Å². The van der Waals surface area contributed by atoms with E-state index >= 15 is 0 Å². The highest BCUT2D eigenvalue weighted by molar-refractivity contribution is 5.40. The van der Waals surface area contributed by atoms with Crippen molar-refractivity contribution in [2.75, 3.05) is 5.32 Å². The van der Waals surface area contributed by atoms with Crippen LogP contribution in [-0.2, 0) is 6.54 Å². The molecule has 0 aliphatic heterocycles. The number of nitrogens with one attached hydrogen (secondary N) is 1. The van der Waals surface area contributed by atoms with Crippen LogP contribution < -0.4 is 5.32 Å². The first-order valence-corrected chi connectivity index (χ1v) is 6.23. The maximum atomic E-state index is 14.1. The Hall–Kier alpha value is -2.04. The van der Waals surface area contributed by atoms with Crippen LogP contribution in [0.3, 0.4) is 0 Å². The molecule has 1 fully saturated rings. The van der Waals surface area contributed by atoms with Crippen LogP contribution >= 0.6 is 0 Å². The highest BCUT2D eigenvalue weighted by Gasteiger charge is 2.29. The smallest absolute Gasteiger partial charge is 0.187 e. The molecule has 3 nitrogen and oxygen atoms in total. The number of anilines is 1. The fourth-order valence-electron chi connectivity index (χ4n) is 1.94. The Kier molecular flexibility index (Phi) is 3.11. The summed E-state index contributed by atoms with van der Waals surface area (Å²) in [5.74, 6) is -0.198. The van der Waals surface area contributed by atoms with E-state index in [1.54, 1.807) is 12.1 Å². The van der Waals surface area contributed by atoms with E-state index in [0.717, 1.165) is 18.4 Å². The first-order valence-electron chi connectivity index (χ1n) is 6.23. The van der Waals surface area contributed by atoms with Crippen LogP contribution in [0.2, 0.25) is 0 Å². The Morgan fingerprint density at radius 1 is 1.11 bits per heavy atom. The van der Waals surface area contributed by atoms with Gasteiger partial charge in [-0.2, -0.15) is 0 Å². The van der Waals surface area contributed by atoms with Gasteiger partial charge < -0.3 is 5.32 Å². The third-order valence-corrected chi connectivity index (χ3v) is 3.15. The molecule has 5 heteroatoms. The minimum Gasteiger partial charge on any atom is -0.363 e. The van der Waals surface area contributed by atoms with Gasteiger partial charge in [0, 0.05) is 12.5 Å². The van der Waals surface area contributed by atoms with Crippen molar-refractivity contribution in [3.63, 3.8) is 0 Å². The fourth-order valence-corrected chi connectivity index (χ4v) is 1.94. The number of aromatic nitrogens is 2. The SMILES string of the molecule is Fc1ccc(CNc2ncnc(C3CC3)c2F)cc1. The standard InChI is InChI=1S/C14H13F2N3/c15-11-5-1-9(2-6-11)7-17-14-12(16)13(10-3-4-10)18-8-19-14/h1-2,5-6,8,10H,3-4,7H2,(H,17,18,19). The normalized spacial score (nSPS) is 14.4. The molecule has 98 valence electrons. The Balaban J connectivity index is 1.72. The second-order valence-electron chi connectivity index (χ2n) is 4.68. The third-order valence-electron chi connectivity index (χ3n) is 3.15. The van der Waals surface area contributed by atoms with Crippen molar-refractivity contribution in [1.29, 1.82) is 0 Å². The van der Waals surface area contributed by atoms with E-state index in [9.17, 15) is 8.78 Å². The van der Waals surface area contributed by atoms with Crippen LogP contribution in [0.5, 0.6) is 0 Å². The lowest BCUT2D eigenvalue weighted by Crippen LogP contribution is -2.06. The van der Waals surface area contributed by atoms with E-state index in [4.69, 9.17) is 0 Å². The van der Waals surface area contributed by atoms with E-state index < -0.39 is 0 Å². The predicted octanol–water partition coefficient (Wildman–Crippen LogP) is 3.24. The number of hydrogen-bond donors (Lipinski definition) is 1. The molecule has 0 amide bonds. The fraction of sp³-hybridized carbons (Fsp3) is 0.286. The van der Waals surface area contributed by atoms with Gasteiger partial charge in [0.05, 0.1) is 5.69 Å². The Morgan fingerprint density at radius 2 is 1.84 bits per heavy atom. The van der Waals surface area contributed by atoms with Crippen molar-refractivity contribution in [1.82, 2.24) is 9.97 Å². The van der Waals surface area contributed by atoms with Gasteiger partial charge in [0.15, 0.2) is 11.6 Å². The molecule has 1 aliphatic rings. The lowest BCUT2D eigenvalue weighted by Gasteiger charge is -2.08. The third kappa shape index (κ3) is 2.70. The summed E-state index contributed by atoms with van der Waals surface area (Å²) in [4.78, 5) is 7.90. The molecule has 19 heavy (non-hydrogen) atoms. The topological polar surface area (TPSA) is 37.8 Å². The number of nitrogens with zero attached hydrogens (tertiary/aromatic N) is 2. The van der Waals surface area contributed by atoms with Gasteiger partial charge in [-0.25, -0.2) is 18.7 Å². The maximum absolute atomic E-state index is 14.1. The number of benzene rings is 1. The molecule has 0 unspecified atom stereocenters. The van der Waals surface area contributed by atoms with Gasteiger partial charge in [-0.15, -0.1) is 0 Å². The van der Waals surface area contributed by atoms with Crippen LogP contribution in [0.4, 0.5) is 14.6 Å². The van der Waals surface area contributed by atoms with Gasteiger partial charge in [0.1, 0.15) is 12.1 Å². The van der Waals surface area contributed by atoms with Crippen molar-refractivity contribution in [3.8, 4) is 0 Å². The summed E-state index contributed by atoms with van der Waals surface area (Å²) in [7, 11) is 0. The van der Waals surface area contributed by atoms with Crippen molar-refractivity contribution in [3.05, 3.63) is 53.5 Å². The van der Waals surface area contributed by atoms with Crippen molar-refractivity contribution < 1.29 is 8.78 Å². The molecule has 0 saturated heterocycles. The molecule has 1 N–H and O–H groups in total. The van der Waals surface area contributed by atoms with E-state index in [-0.39, 0.29) is 23.4 Å². The predicted molar refractivity (Wildman–Crippen MR) is 67.7 cm³/mol. The van der Waals surface area contributed by atoms with Crippen LogP contribution in [0, 0.1) is 11.6 Å². The first-order chi connectivity index (χ1) is 9.24. The van der Waals surface area contributed by atoms with E-state index in [0.29, 0.717) is 12.2 Å². The molecule has 3 rings (SSSR count). The molecule has 1 aliphatic carbocycles. The monoisotopic (exact) mass is 261 g/mol. The van der Waals surface area contributed by atoms with Crippen LogP contribution in [0.15, 0.2) is 30.6 Å². The van der Waals surface area contributed by atoms with Crippen molar-refractivity contribution in [2.24, 2.45) is 0 Å². The maximum Gasteiger partial charge on any atom is 0.187 e. The summed E-state index contributed by atoms with van der Waals surface area (Å²) in [5.41, 5.74) is 1.36. The Labute approximate surface area is 109 Å². The molecular weight excluding hydrogens is 248 g/mol. The van der Waals surface area contributed by atoms with Crippen LogP contribution in [0.1, 0.15) is 30.0 Å². The van der Waals surface area contributed by atoms with Crippen molar-refractivity contribution >= 4 is 5.82 Å². The molecule has 0 radical (unpaired) electrons. The van der Waals surface area contributed by atoms with Crippen molar-refractivity contribution in [2.45, 2.75) is 25.3 Å². The van der Waals surface area contributed by atoms with Crippen LogP contribution in [-0.4, -0.2) is 9.97 Å². The van der Waals surface area contributed by atoms with Crippen LogP contribution in [0.25, 0.3) is 0 Å². The van der Waals surface area contributed by atoms with E-state index in [2.05, 4.69) is 15.3 Å². The Bertz CT molecular complexity index is 580. The zero-order valence-electron chi connectivity index (χ0n) is 10.2. The molecule has 0 spiro atoms. The molecule has 0 atom stereocenters. The van der Waals surface area contributed by atoms with Gasteiger partial charge in [0.2, 0.25) is 0 Å². The minimum atomic E-state index is -0.368. The second-order valence-corrected chi connectivity index (χ2v) is 4.68. The molecule has 1 aromatic carbocycles. The lowest BCUT2D eigenvalue weighted by molar-refractivity contribution is 0.595. The quantitative estimate of drug-likeness (QED) is 0.918. The van der Waals surface area contributed by atoms with Gasteiger partial charge >= 0.3 is 0 Å². The molecule has 1 heterocycles.